The van der Waals surface area contributed by atoms with Crippen LogP contribution in [-0.4, -0.2) is 31.1 Å². The highest BCUT2D eigenvalue weighted by molar-refractivity contribution is 5.87. The Balaban J connectivity index is 2.22. The summed E-state index contributed by atoms with van der Waals surface area (Å²) in [6.07, 6.45) is -0.733. The summed E-state index contributed by atoms with van der Waals surface area (Å²) in [5.74, 6) is -0.733. The number of rotatable bonds is 8. The monoisotopic (exact) mass is 426 g/mol. The van der Waals surface area contributed by atoms with Crippen molar-refractivity contribution in [3.8, 4) is 5.75 Å². The van der Waals surface area contributed by atoms with Crippen molar-refractivity contribution in [2.75, 3.05) is 7.11 Å². The normalized spacial score (nSPS) is 13.1. The van der Waals surface area contributed by atoms with E-state index in [-0.39, 0.29) is 5.92 Å². The highest BCUT2D eigenvalue weighted by atomic mass is 16.6. The van der Waals surface area contributed by atoms with Gasteiger partial charge in [0.2, 0.25) is 5.91 Å². The van der Waals surface area contributed by atoms with Gasteiger partial charge in [-0.1, -0.05) is 62.4 Å². The van der Waals surface area contributed by atoms with Crippen molar-refractivity contribution >= 4 is 18.0 Å². The SMILES string of the molecule is COC(=O)C(C)(C)C(NC(=O)[C@@H](NC(=O)Oc1ccccc1)C(C)C)c1ccccc1. The Morgan fingerprint density at radius 1 is 0.871 bits per heavy atom. The van der Waals surface area contributed by atoms with Crippen molar-refractivity contribution in [3.05, 3.63) is 66.2 Å². The van der Waals surface area contributed by atoms with Gasteiger partial charge in [-0.2, -0.15) is 0 Å². The first-order valence-electron chi connectivity index (χ1n) is 10.1. The average molecular weight is 427 g/mol. The second-order valence-corrected chi connectivity index (χ2v) is 8.13. The molecule has 2 aromatic carbocycles. The van der Waals surface area contributed by atoms with Crippen molar-refractivity contribution < 1.29 is 23.9 Å². The van der Waals surface area contributed by atoms with Gasteiger partial charge in [0.1, 0.15) is 11.8 Å². The minimum atomic E-state index is -1.04. The molecule has 0 aliphatic rings. The largest absolute Gasteiger partial charge is 0.469 e. The van der Waals surface area contributed by atoms with Crippen LogP contribution in [0.15, 0.2) is 60.7 Å². The molecule has 166 valence electrons. The zero-order valence-corrected chi connectivity index (χ0v) is 18.5. The van der Waals surface area contributed by atoms with Crippen LogP contribution in [0.1, 0.15) is 39.3 Å². The van der Waals surface area contributed by atoms with E-state index in [0.29, 0.717) is 5.75 Å². The van der Waals surface area contributed by atoms with E-state index >= 15 is 0 Å². The Kier molecular flexibility index (Phi) is 8.19. The summed E-state index contributed by atoms with van der Waals surface area (Å²) >= 11 is 0. The van der Waals surface area contributed by atoms with E-state index in [9.17, 15) is 14.4 Å². The van der Waals surface area contributed by atoms with Crippen LogP contribution >= 0.6 is 0 Å². The Hall–Kier alpha value is -3.35. The number of para-hydroxylation sites is 1. The van der Waals surface area contributed by atoms with Crippen LogP contribution in [0.3, 0.4) is 0 Å². The number of ether oxygens (including phenoxy) is 2. The highest BCUT2D eigenvalue weighted by Crippen LogP contribution is 2.34. The summed E-state index contributed by atoms with van der Waals surface area (Å²) in [5.41, 5.74) is -0.293. The van der Waals surface area contributed by atoms with Gasteiger partial charge in [-0.15, -0.1) is 0 Å². The van der Waals surface area contributed by atoms with Gasteiger partial charge in [-0.05, 0) is 37.5 Å². The van der Waals surface area contributed by atoms with E-state index < -0.39 is 35.5 Å². The van der Waals surface area contributed by atoms with E-state index in [0.717, 1.165) is 5.56 Å². The summed E-state index contributed by atoms with van der Waals surface area (Å²) in [5, 5.41) is 5.56. The fourth-order valence-corrected chi connectivity index (χ4v) is 3.23. The molecule has 0 aliphatic carbocycles. The summed E-state index contributed by atoms with van der Waals surface area (Å²) in [6.45, 7) is 7.04. The number of hydrogen-bond donors (Lipinski definition) is 2. The zero-order chi connectivity index (χ0) is 23.0. The molecule has 0 spiro atoms. The molecule has 0 saturated heterocycles. The van der Waals surface area contributed by atoms with Gasteiger partial charge in [0, 0.05) is 0 Å². The molecule has 7 nitrogen and oxygen atoms in total. The van der Waals surface area contributed by atoms with E-state index in [1.807, 2.05) is 50.2 Å². The smallest absolute Gasteiger partial charge is 0.413 e. The fourth-order valence-electron chi connectivity index (χ4n) is 3.23. The van der Waals surface area contributed by atoms with Crippen LogP contribution in [0.4, 0.5) is 4.79 Å². The molecule has 0 heterocycles. The number of nitrogens with one attached hydrogen (secondary N) is 2. The van der Waals surface area contributed by atoms with Crippen molar-refractivity contribution in [3.63, 3.8) is 0 Å². The fraction of sp³-hybridized carbons (Fsp3) is 0.375. The predicted molar refractivity (Wildman–Crippen MR) is 117 cm³/mol. The summed E-state index contributed by atoms with van der Waals surface area (Å²) in [7, 11) is 1.31. The molecule has 2 N–H and O–H groups in total. The number of benzene rings is 2. The van der Waals surface area contributed by atoms with Crippen LogP contribution in [-0.2, 0) is 14.3 Å². The van der Waals surface area contributed by atoms with Crippen LogP contribution in [0.2, 0.25) is 0 Å². The molecule has 2 rings (SSSR count). The van der Waals surface area contributed by atoms with E-state index in [4.69, 9.17) is 9.47 Å². The van der Waals surface area contributed by atoms with Crippen molar-refractivity contribution in [2.45, 2.75) is 39.8 Å². The average Bonchev–Trinajstić information content (AvgIpc) is 2.75. The maximum atomic E-state index is 13.2. The van der Waals surface area contributed by atoms with Crippen molar-refractivity contribution in [1.29, 1.82) is 0 Å². The van der Waals surface area contributed by atoms with Crippen LogP contribution in [0, 0.1) is 11.3 Å². The summed E-state index contributed by atoms with van der Waals surface area (Å²) in [4.78, 5) is 38.0. The molecule has 31 heavy (non-hydrogen) atoms. The first kappa shape index (κ1) is 23.9. The topological polar surface area (TPSA) is 93.7 Å². The molecule has 2 aromatic rings. The number of esters is 1. The van der Waals surface area contributed by atoms with E-state index in [1.165, 1.54) is 7.11 Å². The molecule has 0 radical (unpaired) electrons. The molecule has 1 unspecified atom stereocenters. The number of carbonyl (C=O) groups is 3. The maximum Gasteiger partial charge on any atom is 0.413 e. The zero-order valence-electron chi connectivity index (χ0n) is 18.5. The van der Waals surface area contributed by atoms with Crippen molar-refractivity contribution in [2.24, 2.45) is 11.3 Å². The standard InChI is InChI=1S/C24H30N2O5/c1-16(2)19(25-23(29)31-18-14-10-7-11-15-18)21(27)26-20(17-12-8-6-9-13-17)24(3,4)22(28)30-5/h6-16,19-20H,1-5H3,(H,25,29)(H,26,27)/t19-,20?/m0/s1. The number of hydrogen-bond acceptors (Lipinski definition) is 5. The third-order valence-electron chi connectivity index (χ3n) is 5.03. The van der Waals surface area contributed by atoms with Gasteiger partial charge in [0.05, 0.1) is 18.6 Å². The Labute approximate surface area is 183 Å². The van der Waals surface area contributed by atoms with Gasteiger partial charge in [0.15, 0.2) is 0 Å². The Morgan fingerprint density at radius 2 is 1.42 bits per heavy atom. The lowest BCUT2D eigenvalue weighted by molar-refractivity contribution is -0.153. The summed E-state index contributed by atoms with van der Waals surface area (Å²) in [6, 6.07) is 16.2. The quantitative estimate of drug-likeness (QED) is 0.625. The molecule has 0 bridgehead atoms. The third kappa shape index (κ3) is 6.31. The van der Waals surface area contributed by atoms with Gasteiger partial charge < -0.3 is 20.1 Å². The highest BCUT2D eigenvalue weighted by Gasteiger charge is 2.41. The molecule has 0 aromatic heterocycles. The van der Waals surface area contributed by atoms with Crippen LogP contribution < -0.4 is 15.4 Å². The molecule has 2 amide bonds. The van der Waals surface area contributed by atoms with Crippen LogP contribution in [0.5, 0.6) is 5.75 Å². The molecule has 0 fully saturated rings. The first-order chi connectivity index (χ1) is 14.7. The number of amides is 2. The minimum absolute atomic E-state index is 0.221. The van der Waals surface area contributed by atoms with Gasteiger partial charge in [-0.3, -0.25) is 9.59 Å². The van der Waals surface area contributed by atoms with Gasteiger partial charge in [0.25, 0.3) is 0 Å². The van der Waals surface area contributed by atoms with Crippen molar-refractivity contribution in [1.82, 2.24) is 10.6 Å². The number of carbonyl (C=O) groups excluding carboxylic acids is 3. The maximum absolute atomic E-state index is 13.2. The number of methoxy groups -OCH3 is 1. The minimum Gasteiger partial charge on any atom is -0.469 e. The molecule has 2 atom stereocenters. The molecular formula is C24H30N2O5. The lowest BCUT2D eigenvalue weighted by Crippen LogP contribution is -2.53. The van der Waals surface area contributed by atoms with Crippen LogP contribution in [0.25, 0.3) is 0 Å². The molecule has 0 aliphatic heterocycles. The van der Waals surface area contributed by atoms with E-state index in [2.05, 4.69) is 10.6 Å². The second kappa shape index (κ2) is 10.6. The first-order valence-corrected chi connectivity index (χ1v) is 10.1. The Bertz CT molecular complexity index is 881. The molecule has 7 heteroatoms. The van der Waals surface area contributed by atoms with Gasteiger partial charge in [-0.25, -0.2) is 4.79 Å². The third-order valence-corrected chi connectivity index (χ3v) is 5.03. The Morgan fingerprint density at radius 3 is 1.94 bits per heavy atom. The second-order valence-electron chi connectivity index (χ2n) is 8.13. The van der Waals surface area contributed by atoms with Gasteiger partial charge >= 0.3 is 12.1 Å². The molecule has 0 saturated carbocycles. The van der Waals surface area contributed by atoms with E-state index in [1.54, 1.807) is 38.1 Å². The molecular weight excluding hydrogens is 396 g/mol. The summed E-state index contributed by atoms with van der Waals surface area (Å²) < 4.78 is 10.2. The lowest BCUT2D eigenvalue weighted by atomic mass is 9.80. The lowest BCUT2D eigenvalue weighted by Gasteiger charge is -2.34. The predicted octanol–water partition coefficient (Wildman–Crippen LogP) is 3.86.